The van der Waals surface area contributed by atoms with Gasteiger partial charge in [-0.05, 0) is 30.3 Å². The van der Waals surface area contributed by atoms with Crippen LogP contribution in [0, 0.1) is 0 Å². The van der Waals surface area contributed by atoms with Gasteiger partial charge in [0.1, 0.15) is 5.56 Å². The summed E-state index contributed by atoms with van der Waals surface area (Å²) in [5.41, 5.74) is 1.31. The molecule has 1 aromatic heterocycles. The number of ether oxygens (including phenoxy) is 1. The Morgan fingerprint density at radius 3 is 2.67 bits per heavy atom. The molecule has 0 atom stereocenters. The summed E-state index contributed by atoms with van der Waals surface area (Å²) >= 11 is 0. The Hall–Kier alpha value is -2.89. The van der Waals surface area contributed by atoms with Gasteiger partial charge in [0.15, 0.2) is 0 Å². The van der Waals surface area contributed by atoms with Crippen LogP contribution in [0.1, 0.15) is 20.7 Å². The number of benzene rings is 1. The van der Waals surface area contributed by atoms with E-state index >= 15 is 0 Å². The van der Waals surface area contributed by atoms with Gasteiger partial charge in [-0.2, -0.15) is 0 Å². The normalized spacial score (nSPS) is 9.81. The smallest absolute Gasteiger partial charge is 0.261 e. The first-order valence-corrected chi connectivity index (χ1v) is 6.28. The minimum Gasteiger partial charge on any atom is -0.480 e. The maximum atomic E-state index is 12.2. The molecule has 0 bridgehead atoms. The zero-order chi connectivity index (χ0) is 15.2. The van der Waals surface area contributed by atoms with Crippen LogP contribution in [0.3, 0.4) is 0 Å². The van der Waals surface area contributed by atoms with Crippen molar-refractivity contribution in [1.82, 2.24) is 10.3 Å². The number of carbonyl (C=O) groups is 2. The van der Waals surface area contributed by atoms with Crippen molar-refractivity contribution in [1.29, 1.82) is 0 Å². The van der Waals surface area contributed by atoms with Crippen molar-refractivity contribution in [2.45, 2.75) is 0 Å². The third kappa shape index (κ3) is 3.36. The molecule has 2 N–H and O–H groups in total. The average molecular weight is 285 g/mol. The van der Waals surface area contributed by atoms with E-state index in [1.807, 2.05) is 0 Å². The van der Waals surface area contributed by atoms with Gasteiger partial charge in [0.05, 0.1) is 7.11 Å². The van der Waals surface area contributed by atoms with Crippen molar-refractivity contribution in [2.24, 2.45) is 0 Å². The molecule has 0 aliphatic heterocycles. The van der Waals surface area contributed by atoms with Gasteiger partial charge < -0.3 is 15.4 Å². The SMILES string of the molecule is CNC(=O)c1cccc(NC(=O)c2cccnc2OC)c1. The van der Waals surface area contributed by atoms with Crippen LogP contribution in [-0.2, 0) is 0 Å². The monoisotopic (exact) mass is 285 g/mol. The molecule has 1 heterocycles. The Bertz CT molecular complexity index is 671. The summed E-state index contributed by atoms with van der Waals surface area (Å²) in [5.74, 6) is -0.323. The summed E-state index contributed by atoms with van der Waals surface area (Å²) in [6.45, 7) is 0. The molecule has 0 fully saturated rings. The molecular weight excluding hydrogens is 270 g/mol. The molecule has 108 valence electrons. The number of aromatic nitrogens is 1. The molecule has 0 aliphatic rings. The lowest BCUT2D eigenvalue weighted by atomic mass is 10.1. The number of anilines is 1. The predicted octanol–water partition coefficient (Wildman–Crippen LogP) is 1.70. The summed E-state index contributed by atoms with van der Waals surface area (Å²) in [5, 5.41) is 5.24. The summed E-state index contributed by atoms with van der Waals surface area (Å²) in [6.07, 6.45) is 1.54. The fourth-order valence-electron chi connectivity index (χ4n) is 1.81. The minimum atomic E-state index is -0.353. The average Bonchev–Trinajstić information content (AvgIpc) is 2.54. The van der Waals surface area contributed by atoms with Crippen LogP contribution in [0.2, 0.25) is 0 Å². The van der Waals surface area contributed by atoms with Gasteiger partial charge in [-0.15, -0.1) is 0 Å². The van der Waals surface area contributed by atoms with E-state index in [2.05, 4.69) is 15.6 Å². The Labute approximate surface area is 122 Å². The van der Waals surface area contributed by atoms with E-state index in [1.165, 1.54) is 7.11 Å². The molecule has 0 unspecified atom stereocenters. The number of pyridine rings is 1. The molecule has 0 saturated carbocycles. The van der Waals surface area contributed by atoms with Gasteiger partial charge in [0, 0.05) is 24.5 Å². The second kappa shape index (κ2) is 6.51. The molecule has 2 aromatic rings. The molecule has 1 aromatic carbocycles. The summed E-state index contributed by atoms with van der Waals surface area (Å²) in [4.78, 5) is 27.8. The third-order valence-electron chi connectivity index (χ3n) is 2.82. The molecule has 0 radical (unpaired) electrons. The topological polar surface area (TPSA) is 80.3 Å². The third-order valence-corrected chi connectivity index (χ3v) is 2.82. The zero-order valence-electron chi connectivity index (χ0n) is 11.7. The molecule has 21 heavy (non-hydrogen) atoms. The molecular formula is C15H15N3O3. The largest absolute Gasteiger partial charge is 0.480 e. The van der Waals surface area contributed by atoms with E-state index in [1.54, 1.807) is 49.6 Å². The maximum absolute atomic E-state index is 12.2. The van der Waals surface area contributed by atoms with Crippen molar-refractivity contribution in [3.63, 3.8) is 0 Å². The standard InChI is InChI=1S/C15H15N3O3/c1-16-13(19)10-5-3-6-11(9-10)18-14(20)12-7-4-8-17-15(12)21-2/h3-9H,1-2H3,(H,16,19)(H,18,20). The lowest BCUT2D eigenvalue weighted by molar-refractivity contribution is 0.0961. The Kier molecular flexibility index (Phi) is 4.50. The van der Waals surface area contributed by atoms with Crippen molar-refractivity contribution in [3.8, 4) is 5.88 Å². The maximum Gasteiger partial charge on any atom is 0.261 e. The van der Waals surface area contributed by atoms with Gasteiger partial charge in [0.2, 0.25) is 5.88 Å². The second-order valence-corrected chi connectivity index (χ2v) is 4.17. The Morgan fingerprint density at radius 2 is 1.95 bits per heavy atom. The highest BCUT2D eigenvalue weighted by atomic mass is 16.5. The summed E-state index contributed by atoms with van der Waals surface area (Å²) < 4.78 is 5.05. The van der Waals surface area contributed by atoms with E-state index in [9.17, 15) is 9.59 Å². The Balaban J connectivity index is 2.22. The van der Waals surface area contributed by atoms with Crippen LogP contribution in [0.25, 0.3) is 0 Å². The van der Waals surface area contributed by atoms with Crippen LogP contribution in [-0.4, -0.2) is 31.0 Å². The number of rotatable bonds is 4. The molecule has 0 spiro atoms. The number of hydrogen-bond donors (Lipinski definition) is 2. The van der Waals surface area contributed by atoms with Crippen molar-refractivity contribution < 1.29 is 14.3 Å². The van der Waals surface area contributed by atoms with E-state index in [0.29, 0.717) is 16.8 Å². The van der Waals surface area contributed by atoms with Crippen molar-refractivity contribution >= 4 is 17.5 Å². The molecule has 0 saturated heterocycles. The second-order valence-electron chi connectivity index (χ2n) is 4.17. The molecule has 0 aliphatic carbocycles. The highest BCUT2D eigenvalue weighted by Gasteiger charge is 2.13. The van der Waals surface area contributed by atoms with E-state index in [0.717, 1.165) is 0 Å². The van der Waals surface area contributed by atoms with Gasteiger partial charge >= 0.3 is 0 Å². The highest BCUT2D eigenvalue weighted by molar-refractivity contribution is 6.06. The van der Waals surface area contributed by atoms with Crippen LogP contribution in [0.4, 0.5) is 5.69 Å². The number of methoxy groups -OCH3 is 1. The van der Waals surface area contributed by atoms with Crippen LogP contribution < -0.4 is 15.4 Å². The summed E-state index contributed by atoms with van der Waals surface area (Å²) in [6, 6.07) is 9.93. The number of nitrogens with one attached hydrogen (secondary N) is 2. The Morgan fingerprint density at radius 1 is 1.14 bits per heavy atom. The van der Waals surface area contributed by atoms with Gasteiger partial charge in [-0.1, -0.05) is 6.07 Å². The van der Waals surface area contributed by atoms with Gasteiger partial charge in [-0.3, -0.25) is 9.59 Å². The first-order valence-electron chi connectivity index (χ1n) is 6.28. The van der Waals surface area contributed by atoms with E-state index in [4.69, 9.17) is 4.74 Å². The van der Waals surface area contributed by atoms with Crippen molar-refractivity contribution in [3.05, 3.63) is 53.7 Å². The predicted molar refractivity (Wildman–Crippen MR) is 78.6 cm³/mol. The number of hydrogen-bond acceptors (Lipinski definition) is 4. The van der Waals surface area contributed by atoms with Crippen LogP contribution in [0.5, 0.6) is 5.88 Å². The highest BCUT2D eigenvalue weighted by Crippen LogP contribution is 2.17. The molecule has 6 heteroatoms. The number of nitrogens with zero attached hydrogens (tertiary/aromatic N) is 1. The fourth-order valence-corrected chi connectivity index (χ4v) is 1.81. The van der Waals surface area contributed by atoms with Gasteiger partial charge in [0.25, 0.3) is 11.8 Å². The molecule has 2 rings (SSSR count). The minimum absolute atomic E-state index is 0.218. The van der Waals surface area contributed by atoms with E-state index < -0.39 is 0 Å². The molecule has 6 nitrogen and oxygen atoms in total. The van der Waals surface area contributed by atoms with Crippen LogP contribution >= 0.6 is 0 Å². The zero-order valence-corrected chi connectivity index (χ0v) is 11.7. The van der Waals surface area contributed by atoms with E-state index in [-0.39, 0.29) is 17.7 Å². The first-order chi connectivity index (χ1) is 10.2. The molecule has 2 amide bonds. The van der Waals surface area contributed by atoms with Gasteiger partial charge in [-0.25, -0.2) is 4.98 Å². The van der Waals surface area contributed by atoms with Crippen LogP contribution in [0.15, 0.2) is 42.6 Å². The number of amides is 2. The number of carbonyl (C=O) groups excluding carboxylic acids is 2. The first kappa shape index (κ1) is 14.5. The fraction of sp³-hybridized carbons (Fsp3) is 0.133. The van der Waals surface area contributed by atoms with Crippen molar-refractivity contribution in [2.75, 3.05) is 19.5 Å². The lowest BCUT2D eigenvalue weighted by Crippen LogP contribution is -2.18. The summed E-state index contributed by atoms with van der Waals surface area (Å²) in [7, 11) is 3.00. The lowest BCUT2D eigenvalue weighted by Gasteiger charge is -2.09. The quantitative estimate of drug-likeness (QED) is 0.896.